The number of nitrogens with one attached hydrogen (secondary N) is 2. The number of pyridine rings is 2. The number of hydrogen-bond acceptors (Lipinski definition) is 4. The third kappa shape index (κ3) is 5.20. The molecule has 2 aromatic heterocycles. The molecule has 0 atom stereocenters. The lowest BCUT2D eigenvalue weighted by atomic mass is 10.2. The van der Waals surface area contributed by atoms with Gasteiger partial charge in [-0.2, -0.15) is 13.2 Å². The van der Waals surface area contributed by atoms with Gasteiger partial charge in [0.1, 0.15) is 5.82 Å². The lowest BCUT2D eigenvalue weighted by Crippen LogP contribution is -2.22. The lowest BCUT2D eigenvalue weighted by molar-refractivity contribution is -0.137. The van der Waals surface area contributed by atoms with Gasteiger partial charge in [-0.05, 0) is 42.5 Å². The summed E-state index contributed by atoms with van der Waals surface area (Å²) < 4.78 is 38.9. The van der Waals surface area contributed by atoms with Gasteiger partial charge in [-0.15, -0.1) is 0 Å². The van der Waals surface area contributed by atoms with Crippen LogP contribution in [0.3, 0.4) is 0 Å². The van der Waals surface area contributed by atoms with Crippen LogP contribution >= 0.6 is 11.8 Å². The maximum absolute atomic E-state index is 13.0. The van der Waals surface area contributed by atoms with E-state index in [1.807, 2.05) is 18.2 Å². The van der Waals surface area contributed by atoms with Crippen LogP contribution in [-0.4, -0.2) is 16.0 Å². The van der Waals surface area contributed by atoms with Crippen LogP contribution in [-0.2, 0) is 6.18 Å². The molecular formula is C18H13F3N4OS. The SMILES string of the molecule is O=C(Nc1cccc(Sc2ccncc2)c1)Nc1ncccc1C(F)(F)F. The first-order valence-corrected chi connectivity index (χ1v) is 8.51. The Morgan fingerprint density at radius 1 is 0.926 bits per heavy atom. The van der Waals surface area contributed by atoms with Gasteiger partial charge in [0, 0.05) is 34.1 Å². The predicted octanol–water partition coefficient (Wildman–Crippen LogP) is 5.29. The highest BCUT2D eigenvalue weighted by atomic mass is 32.2. The first kappa shape index (κ1) is 18.7. The number of nitrogens with zero attached hydrogens (tertiary/aromatic N) is 2. The van der Waals surface area contributed by atoms with E-state index in [0.717, 1.165) is 21.9 Å². The fourth-order valence-electron chi connectivity index (χ4n) is 2.18. The summed E-state index contributed by atoms with van der Waals surface area (Å²) in [6.45, 7) is 0. The Morgan fingerprint density at radius 3 is 2.44 bits per heavy atom. The highest BCUT2D eigenvalue weighted by Crippen LogP contribution is 2.33. The molecule has 0 bridgehead atoms. The van der Waals surface area contributed by atoms with Crippen molar-refractivity contribution in [3.63, 3.8) is 0 Å². The molecular weight excluding hydrogens is 377 g/mol. The molecule has 2 heterocycles. The summed E-state index contributed by atoms with van der Waals surface area (Å²) in [5.41, 5.74) is -0.571. The van der Waals surface area contributed by atoms with Gasteiger partial charge in [-0.3, -0.25) is 10.3 Å². The van der Waals surface area contributed by atoms with Crippen molar-refractivity contribution in [2.75, 3.05) is 10.6 Å². The number of hydrogen-bond donors (Lipinski definition) is 2. The molecule has 0 spiro atoms. The van der Waals surface area contributed by atoms with E-state index in [2.05, 4.69) is 20.6 Å². The van der Waals surface area contributed by atoms with E-state index in [1.54, 1.807) is 30.6 Å². The number of carbonyl (C=O) groups excluding carboxylic acids is 1. The van der Waals surface area contributed by atoms with Crippen LogP contribution in [0.5, 0.6) is 0 Å². The zero-order chi connectivity index (χ0) is 19.3. The molecule has 0 radical (unpaired) electrons. The fraction of sp³-hybridized carbons (Fsp3) is 0.0556. The van der Waals surface area contributed by atoms with Crippen LogP contribution in [0.15, 0.2) is 76.9 Å². The third-order valence-corrected chi connectivity index (χ3v) is 4.32. The summed E-state index contributed by atoms with van der Waals surface area (Å²) in [5, 5.41) is 4.65. The summed E-state index contributed by atoms with van der Waals surface area (Å²) in [6, 6.07) is 11.8. The van der Waals surface area contributed by atoms with Crippen molar-refractivity contribution >= 4 is 29.3 Å². The Morgan fingerprint density at radius 2 is 1.70 bits per heavy atom. The molecule has 0 unspecified atom stereocenters. The van der Waals surface area contributed by atoms with Gasteiger partial charge in [0.25, 0.3) is 0 Å². The van der Waals surface area contributed by atoms with Gasteiger partial charge in [-0.1, -0.05) is 17.8 Å². The van der Waals surface area contributed by atoms with E-state index in [0.29, 0.717) is 5.69 Å². The van der Waals surface area contributed by atoms with Gasteiger partial charge >= 0.3 is 12.2 Å². The number of anilines is 2. The number of aromatic nitrogens is 2. The van der Waals surface area contributed by atoms with E-state index in [1.165, 1.54) is 18.0 Å². The molecule has 2 N–H and O–H groups in total. The molecule has 0 aliphatic rings. The zero-order valence-electron chi connectivity index (χ0n) is 13.7. The lowest BCUT2D eigenvalue weighted by Gasteiger charge is -2.13. The molecule has 0 saturated heterocycles. The number of urea groups is 1. The second-order valence-electron chi connectivity index (χ2n) is 5.29. The van der Waals surface area contributed by atoms with Gasteiger partial charge in [-0.25, -0.2) is 9.78 Å². The van der Waals surface area contributed by atoms with E-state index in [-0.39, 0.29) is 0 Å². The van der Waals surface area contributed by atoms with Crippen molar-refractivity contribution in [2.45, 2.75) is 16.0 Å². The Labute approximate surface area is 157 Å². The number of rotatable bonds is 4. The third-order valence-electron chi connectivity index (χ3n) is 3.32. The maximum atomic E-state index is 13.0. The normalized spacial score (nSPS) is 11.1. The second-order valence-corrected chi connectivity index (χ2v) is 6.44. The molecule has 0 aliphatic carbocycles. The van der Waals surface area contributed by atoms with E-state index < -0.39 is 23.6 Å². The topological polar surface area (TPSA) is 66.9 Å². The van der Waals surface area contributed by atoms with Crippen LogP contribution in [0.25, 0.3) is 0 Å². The first-order chi connectivity index (χ1) is 12.9. The van der Waals surface area contributed by atoms with Crippen molar-refractivity contribution in [3.8, 4) is 0 Å². The van der Waals surface area contributed by atoms with Crippen molar-refractivity contribution in [1.29, 1.82) is 0 Å². The molecule has 0 fully saturated rings. The molecule has 27 heavy (non-hydrogen) atoms. The molecule has 138 valence electrons. The smallest absolute Gasteiger partial charge is 0.308 e. The highest BCUT2D eigenvalue weighted by Gasteiger charge is 2.34. The van der Waals surface area contributed by atoms with E-state index in [4.69, 9.17) is 0 Å². The molecule has 9 heteroatoms. The fourth-order valence-corrected chi connectivity index (χ4v) is 3.05. The minimum absolute atomic E-state index is 0.441. The second kappa shape index (κ2) is 8.09. The Kier molecular flexibility index (Phi) is 5.60. The van der Waals surface area contributed by atoms with Crippen LogP contribution in [0.1, 0.15) is 5.56 Å². The summed E-state index contributed by atoms with van der Waals surface area (Å²) in [6.07, 6.45) is -0.0965. The zero-order valence-corrected chi connectivity index (χ0v) is 14.5. The monoisotopic (exact) mass is 390 g/mol. The number of benzene rings is 1. The van der Waals surface area contributed by atoms with Crippen LogP contribution in [0, 0.1) is 0 Å². The Bertz CT molecular complexity index is 935. The average Bonchev–Trinajstić information content (AvgIpc) is 2.62. The molecule has 3 aromatic rings. The molecule has 3 rings (SSSR count). The maximum Gasteiger partial charge on any atom is 0.419 e. The minimum atomic E-state index is -4.61. The molecule has 2 amide bonds. The number of halogens is 3. The quantitative estimate of drug-likeness (QED) is 0.635. The van der Waals surface area contributed by atoms with Gasteiger partial charge in [0.15, 0.2) is 0 Å². The summed E-state index contributed by atoms with van der Waals surface area (Å²) >= 11 is 1.47. The van der Waals surface area contributed by atoms with Crippen molar-refractivity contribution in [1.82, 2.24) is 9.97 Å². The van der Waals surface area contributed by atoms with Crippen LogP contribution in [0.4, 0.5) is 29.5 Å². The van der Waals surface area contributed by atoms with Crippen molar-refractivity contribution in [2.24, 2.45) is 0 Å². The number of alkyl halides is 3. The molecule has 5 nitrogen and oxygen atoms in total. The Hall–Kier alpha value is -3.07. The summed E-state index contributed by atoms with van der Waals surface area (Å²) in [4.78, 5) is 21.4. The highest BCUT2D eigenvalue weighted by molar-refractivity contribution is 7.99. The standard InChI is InChI=1S/C18H13F3N4OS/c19-18(20,21)15-5-2-8-23-16(15)25-17(26)24-12-3-1-4-14(11-12)27-13-6-9-22-10-7-13/h1-11H,(H2,23,24,25,26). The van der Waals surface area contributed by atoms with E-state index >= 15 is 0 Å². The average molecular weight is 390 g/mol. The largest absolute Gasteiger partial charge is 0.419 e. The predicted molar refractivity (Wildman–Crippen MR) is 96.7 cm³/mol. The summed E-state index contributed by atoms with van der Waals surface area (Å²) in [5.74, 6) is -0.551. The summed E-state index contributed by atoms with van der Waals surface area (Å²) in [7, 11) is 0. The Balaban J connectivity index is 1.69. The molecule has 0 saturated carbocycles. The molecule has 0 aliphatic heterocycles. The van der Waals surface area contributed by atoms with Crippen molar-refractivity contribution in [3.05, 3.63) is 72.7 Å². The van der Waals surface area contributed by atoms with Gasteiger partial charge < -0.3 is 5.32 Å². The van der Waals surface area contributed by atoms with Crippen molar-refractivity contribution < 1.29 is 18.0 Å². The number of carbonyl (C=O) groups is 1. The van der Waals surface area contributed by atoms with Crippen LogP contribution < -0.4 is 10.6 Å². The first-order valence-electron chi connectivity index (χ1n) is 7.70. The molecule has 1 aromatic carbocycles. The van der Waals surface area contributed by atoms with Gasteiger partial charge in [0.2, 0.25) is 0 Å². The van der Waals surface area contributed by atoms with E-state index in [9.17, 15) is 18.0 Å². The van der Waals surface area contributed by atoms with Crippen LogP contribution in [0.2, 0.25) is 0 Å². The number of amides is 2. The van der Waals surface area contributed by atoms with Gasteiger partial charge in [0.05, 0.1) is 5.56 Å². The minimum Gasteiger partial charge on any atom is -0.308 e.